The standard InChI is InChI=1S/C30H28FNO3/c1-2-20-8-4-6-11-26(20)32-27-12-7-13-28(33)30(27)24(18-29(32)34)21-14-16-23(17-15-21)35-19-22-9-3-5-10-25(22)31/h3-6,8-11,14-17,24H,2,7,12-13,18-19H2,1H3. The van der Waals surface area contributed by atoms with Gasteiger partial charge in [0.2, 0.25) is 5.91 Å². The van der Waals surface area contributed by atoms with Crippen molar-refractivity contribution in [1.29, 1.82) is 0 Å². The number of carbonyl (C=O) groups excluding carboxylic acids is 2. The zero-order valence-electron chi connectivity index (χ0n) is 19.8. The van der Waals surface area contributed by atoms with Crippen molar-refractivity contribution in [3.05, 3.63) is 107 Å². The minimum Gasteiger partial charge on any atom is -0.489 e. The molecular weight excluding hydrogens is 441 g/mol. The number of allylic oxidation sites excluding steroid dienone is 2. The minimum atomic E-state index is -0.297. The molecule has 5 rings (SSSR count). The summed E-state index contributed by atoms with van der Waals surface area (Å²) in [6, 6.07) is 22.0. The Bertz CT molecular complexity index is 1290. The number of hydrogen-bond acceptors (Lipinski definition) is 3. The highest BCUT2D eigenvalue weighted by Gasteiger charge is 2.40. The third-order valence-electron chi connectivity index (χ3n) is 6.92. The highest BCUT2D eigenvalue weighted by atomic mass is 19.1. The molecule has 2 aliphatic rings. The quantitative estimate of drug-likeness (QED) is 0.414. The summed E-state index contributed by atoms with van der Waals surface area (Å²) in [6.07, 6.45) is 3.04. The van der Waals surface area contributed by atoms with E-state index in [-0.39, 0.29) is 36.5 Å². The maximum Gasteiger partial charge on any atom is 0.232 e. The molecule has 0 saturated carbocycles. The lowest BCUT2D eigenvalue weighted by Crippen LogP contribution is -2.41. The van der Waals surface area contributed by atoms with Gasteiger partial charge in [0.25, 0.3) is 0 Å². The third-order valence-corrected chi connectivity index (χ3v) is 6.92. The van der Waals surface area contributed by atoms with Crippen LogP contribution in [-0.4, -0.2) is 11.7 Å². The van der Waals surface area contributed by atoms with Crippen LogP contribution in [0.4, 0.5) is 10.1 Å². The van der Waals surface area contributed by atoms with Crippen molar-refractivity contribution in [3.63, 3.8) is 0 Å². The number of aryl methyl sites for hydroxylation is 1. The Morgan fingerprint density at radius 2 is 1.63 bits per heavy atom. The fourth-order valence-electron chi connectivity index (χ4n) is 5.16. The van der Waals surface area contributed by atoms with Gasteiger partial charge in [-0.1, -0.05) is 55.5 Å². The predicted molar refractivity (Wildman–Crippen MR) is 134 cm³/mol. The van der Waals surface area contributed by atoms with Gasteiger partial charge < -0.3 is 4.74 Å². The van der Waals surface area contributed by atoms with Gasteiger partial charge >= 0.3 is 0 Å². The monoisotopic (exact) mass is 469 g/mol. The predicted octanol–water partition coefficient (Wildman–Crippen LogP) is 6.49. The van der Waals surface area contributed by atoms with Gasteiger partial charge in [-0.25, -0.2) is 4.39 Å². The largest absolute Gasteiger partial charge is 0.489 e. The Labute approximate surface area is 205 Å². The van der Waals surface area contributed by atoms with Crippen molar-refractivity contribution >= 4 is 17.4 Å². The topological polar surface area (TPSA) is 46.6 Å². The Hall–Kier alpha value is -3.73. The maximum atomic E-state index is 13.9. The van der Waals surface area contributed by atoms with Crippen LogP contribution in [0.3, 0.4) is 0 Å². The van der Waals surface area contributed by atoms with Crippen molar-refractivity contribution in [1.82, 2.24) is 0 Å². The molecule has 0 bridgehead atoms. The van der Waals surface area contributed by atoms with E-state index in [4.69, 9.17) is 4.74 Å². The Morgan fingerprint density at radius 3 is 2.37 bits per heavy atom. The molecule has 1 aliphatic heterocycles. The van der Waals surface area contributed by atoms with E-state index < -0.39 is 0 Å². The van der Waals surface area contributed by atoms with Crippen molar-refractivity contribution in [2.24, 2.45) is 0 Å². The fourth-order valence-corrected chi connectivity index (χ4v) is 5.16. The van der Waals surface area contributed by atoms with Gasteiger partial charge in [0.05, 0.1) is 5.69 Å². The van der Waals surface area contributed by atoms with E-state index in [9.17, 15) is 14.0 Å². The molecule has 4 nitrogen and oxygen atoms in total. The van der Waals surface area contributed by atoms with E-state index >= 15 is 0 Å². The summed E-state index contributed by atoms with van der Waals surface area (Å²) in [7, 11) is 0. The lowest BCUT2D eigenvalue weighted by molar-refractivity contribution is -0.119. The van der Waals surface area contributed by atoms with E-state index in [1.165, 1.54) is 6.07 Å². The minimum absolute atomic E-state index is 0.0178. The molecule has 1 heterocycles. The number of halogens is 1. The van der Waals surface area contributed by atoms with Crippen molar-refractivity contribution in [3.8, 4) is 5.75 Å². The molecule has 1 amide bonds. The molecule has 0 spiro atoms. The van der Waals surface area contributed by atoms with Crippen LogP contribution in [0.1, 0.15) is 55.2 Å². The summed E-state index contributed by atoms with van der Waals surface area (Å²) < 4.78 is 19.6. The Kier molecular flexibility index (Phi) is 6.49. The summed E-state index contributed by atoms with van der Waals surface area (Å²) in [5, 5.41) is 0. The number of amides is 1. The van der Waals surface area contributed by atoms with Crippen LogP contribution in [0.25, 0.3) is 0 Å². The number of ketones is 1. The molecule has 0 aromatic heterocycles. The average molecular weight is 470 g/mol. The SMILES string of the molecule is CCc1ccccc1N1C(=O)CC(c2ccc(OCc3ccccc3F)cc2)C2=C1CCCC2=O. The average Bonchev–Trinajstić information content (AvgIpc) is 2.88. The van der Waals surface area contributed by atoms with Crippen LogP contribution >= 0.6 is 0 Å². The zero-order valence-corrected chi connectivity index (χ0v) is 19.8. The van der Waals surface area contributed by atoms with Gasteiger partial charge in [0.15, 0.2) is 5.78 Å². The van der Waals surface area contributed by atoms with Crippen molar-refractivity contribution in [2.45, 2.75) is 51.6 Å². The zero-order chi connectivity index (χ0) is 24.4. The molecule has 3 aromatic carbocycles. The summed E-state index contributed by atoms with van der Waals surface area (Å²) in [5.41, 5.74) is 5.01. The second-order valence-electron chi connectivity index (χ2n) is 9.05. The maximum absolute atomic E-state index is 13.9. The second-order valence-corrected chi connectivity index (χ2v) is 9.05. The first kappa shape index (κ1) is 23.0. The number of para-hydroxylation sites is 1. The summed E-state index contributed by atoms with van der Waals surface area (Å²) in [5.74, 6) is 0.193. The van der Waals surface area contributed by atoms with E-state index in [2.05, 4.69) is 6.92 Å². The van der Waals surface area contributed by atoms with E-state index in [1.807, 2.05) is 48.5 Å². The van der Waals surface area contributed by atoms with Gasteiger partial charge in [-0.3, -0.25) is 14.5 Å². The molecule has 1 unspecified atom stereocenters. The fraction of sp³-hybridized carbons (Fsp3) is 0.267. The van der Waals surface area contributed by atoms with Crippen LogP contribution in [0.15, 0.2) is 84.1 Å². The van der Waals surface area contributed by atoms with Gasteiger partial charge in [-0.05, 0) is 54.7 Å². The first-order valence-electron chi connectivity index (χ1n) is 12.2. The van der Waals surface area contributed by atoms with Crippen LogP contribution in [0.5, 0.6) is 5.75 Å². The summed E-state index contributed by atoms with van der Waals surface area (Å²) in [6.45, 7) is 2.21. The lowest BCUT2D eigenvalue weighted by Gasteiger charge is -2.39. The normalized spacial score (nSPS) is 18.0. The van der Waals surface area contributed by atoms with E-state index in [0.717, 1.165) is 40.9 Å². The molecule has 3 aromatic rings. The van der Waals surface area contributed by atoms with Gasteiger partial charge in [-0.15, -0.1) is 0 Å². The molecule has 178 valence electrons. The van der Waals surface area contributed by atoms with E-state index in [0.29, 0.717) is 24.2 Å². The third kappa shape index (κ3) is 4.51. The molecule has 1 atom stereocenters. The van der Waals surface area contributed by atoms with Gasteiger partial charge in [0.1, 0.15) is 18.2 Å². The number of carbonyl (C=O) groups is 2. The van der Waals surface area contributed by atoms with E-state index in [1.54, 1.807) is 23.1 Å². The van der Waals surface area contributed by atoms with Crippen LogP contribution < -0.4 is 9.64 Å². The van der Waals surface area contributed by atoms with Crippen molar-refractivity contribution in [2.75, 3.05) is 4.90 Å². The Balaban J connectivity index is 1.45. The molecule has 0 saturated heterocycles. The number of nitrogens with zero attached hydrogens (tertiary/aromatic N) is 1. The number of hydrogen-bond donors (Lipinski definition) is 0. The molecule has 0 fully saturated rings. The van der Waals surface area contributed by atoms with Gasteiger partial charge in [0, 0.05) is 35.6 Å². The van der Waals surface area contributed by atoms with Crippen LogP contribution in [-0.2, 0) is 22.6 Å². The highest BCUT2D eigenvalue weighted by Crippen LogP contribution is 2.44. The molecule has 0 N–H and O–H groups in total. The number of rotatable bonds is 6. The first-order chi connectivity index (χ1) is 17.1. The highest BCUT2D eigenvalue weighted by molar-refractivity contribution is 6.07. The smallest absolute Gasteiger partial charge is 0.232 e. The first-order valence-corrected chi connectivity index (χ1v) is 12.2. The molecular formula is C30H28FNO3. The number of ether oxygens (including phenoxy) is 1. The van der Waals surface area contributed by atoms with Crippen LogP contribution in [0.2, 0.25) is 0 Å². The molecule has 5 heteroatoms. The lowest BCUT2D eigenvalue weighted by atomic mass is 9.77. The summed E-state index contributed by atoms with van der Waals surface area (Å²) in [4.78, 5) is 28.4. The number of Topliss-reactive ketones (excluding diaryl/α,β-unsaturated/α-hetero) is 1. The van der Waals surface area contributed by atoms with Crippen LogP contribution in [0, 0.1) is 5.82 Å². The van der Waals surface area contributed by atoms with Gasteiger partial charge in [-0.2, -0.15) is 0 Å². The summed E-state index contributed by atoms with van der Waals surface area (Å²) >= 11 is 0. The Morgan fingerprint density at radius 1 is 0.914 bits per heavy atom. The number of anilines is 1. The second kappa shape index (κ2) is 9.87. The molecule has 35 heavy (non-hydrogen) atoms. The molecule has 1 aliphatic carbocycles. The number of benzene rings is 3. The van der Waals surface area contributed by atoms with Crippen molar-refractivity contribution < 1.29 is 18.7 Å². The molecule has 0 radical (unpaired) electrons.